The minimum absolute atomic E-state index is 0.248. The van der Waals surface area contributed by atoms with Gasteiger partial charge in [0.25, 0.3) is 0 Å². The van der Waals surface area contributed by atoms with Crippen molar-refractivity contribution in [2.24, 2.45) is 5.73 Å². The van der Waals surface area contributed by atoms with Crippen LogP contribution >= 0.6 is 0 Å². The van der Waals surface area contributed by atoms with E-state index < -0.39 is 12.2 Å². The molecule has 0 radical (unpaired) electrons. The summed E-state index contributed by atoms with van der Waals surface area (Å²) >= 11 is 0. The van der Waals surface area contributed by atoms with Crippen LogP contribution in [0.15, 0.2) is 36.4 Å². The van der Waals surface area contributed by atoms with E-state index in [2.05, 4.69) is 5.32 Å². The summed E-state index contributed by atoms with van der Waals surface area (Å²) in [5.41, 5.74) is 10.6. The third kappa shape index (κ3) is 9.72. The zero-order chi connectivity index (χ0) is 24.2. The van der Waals surface area contributed by atoms with Crippen LogP contribution in [-0.2, 0) is 0 Å². The van der Waals surface area contributed by atoms with Crippen molar-refractivity contribution in [3.63, 3.8) is 0 Å². The van der Waals surface area contributed by atoms with Crippen molar-refractivity contribution in [3.8, 4) is 11.5 Å². The molecule has 3 unspecified atom stereocenters. The van der Waals surface area contributed by atoms with Crippen LogP contribution < -0.4 is 20.5 Å². The number of rotatable bonds is 15. The molecule has 0 saturated carbocycles. The molecule has 0 saturated heterocycles. The van der Waals surface area contributed by atoms with Crippen LogP contribution in [0.4, 0.5) is 0 Å². The third-order valence-electron chi connectivity index (χ3n) is 5.80. The van der Waals surface area contributed by atoms with Crippen molar-refractivity contribution in [3.05, 3.63) is 58.7 Å². The van der Waals surface area contributed by atoms with E-state index in [1.54, 1.807) is 0 Å². The number of hydrogen-bond acceptors (Lipinski definition) is 6. The Labute approximate surface area is 199 Å². The molecule has 2 aromatic rings. The maximum Gasteiger partial charge on any atom is 0.125 e. The number of aliphatic hydroxyl groups is 2. The van der Waals surface area contributed by atoms with Crippen molar-refractivity contribution in [2.75, 3.05) is 26.3 Å². The number of benzene rings is 2. The molecule has 0 fully saturated rings. The average molecular weight is 459 g/mol. The predicted molar refractivity (Wildman–Crippen MR) is 134 cm³/mol. The lowest BCUT2D eigenvalue weighted by atomic mass is 10.0. The number of hydrogen-bond donors (Lipinski definition) is 4. The molecule has 0 aromatic heterocycles. The maximum absolute atomic E-state index is 10.3. The number of aliphatic hydroxyl groups excluding tert-OH is 2. The fraction of sp³-hybridized carbons (Fsp3) is 0.556. The highest BCUT2D eigenvalue weighted by molar-refractivity contribution is 5.40. The quantitative estimate of drug-likeness (QED) is 0.305. The summed E-state index contributed by atoms with van der Waals surface area (Å²) in [6.07, 6.45) is 1.25. The number of para-hydroxylation sites is 2. The molecule has 0 aliphatic heterocycles. The van der Waals surface area contributed by atoms with Crippen molar-refractivity contribution >= 4 is 0 Å². The van der Waals surface area contributed by atoms with Crippen molar-refractivity contribution < 1.29 is 19.7 Å². The number of ether oxygens (including phenoxy) is 2. The van der Waals surface area contributed by atoms with Gasteiger partial charge in [-0.3, -0.25) is 0 Å². The fourth-order valence-electron chi connectivity index (χ4n) is 4.04. The maximum atomic E-state index is 10.3. The number of nitrogens with two attached hydrogens (primary N) is 1. The number of nitrogens with one attached hydrogen (secondary N) is 1. The van der Waals surface area contributed by atoms with Gasteiger partial charge in [-0.25, -0.2) is 0 Å². The van der Waals surface area contributed by atoms with Gasteiger partial charge in [0, 0.05) is 19.1 Å². The van der Waals surface area contributed by atoms with Gasteiger partial charge in [0.1, 0.15) is 18.1 Å². The van der Waals surface area contributed by atoms with Crippen LogP contribution in [0.2, 0.25) is 0 Å². The summed E-state index contributed by atoms with van der Waals surface area (Å²) in [5, 5.41) is 23.7. The molecule has 5 N–H and O–H groups in total. The lowest BCUT2D eigenvalue weighted by molar-refractivity contribution is 0.112. The van der Waals surface area contributed by atoms with Crippen LogP contribution in [0.5, 0.6) is 11.5 Å². The molecule has 0 amide bonds. The van der Waals surface area contributed by atoms with Gasteiger partial charge in [0.05, 0.1) is 18.8 Å². The van der Waals surface area contributed by atoms with Crippen LogP contribution in [0.3, 0.4) is 0 Å². The van der Waals surface area contributed by atoms with E-state index in [-0.39, 0.29) is 6.04 Å². The van der Waals surface area contributed by atoms with Crippen LogP contribution in [-0.4, -0.2) is 54.8 Å². The molecule has 2 rings (SSSR count). The van der Waals surface area contributed by atoms with Crippen LogP contribution in [0, 0.1) is 27.7 Å². The molecule has 184 valence electrons. The molecule has 2 aromatic carbocycles. The molecule has 0 spiro atoms. The lowest BCUT2D eigenvalue weighted by Gasteiger charge is -2.20. The van der Waals surface area contributed by atoms with E-state index in [9.17, 15) is 10.2 Å². The molecular weight excluding hydrogens is 416 g/mol. The summed E-state index contributed by atoms with van der Waals surface area (Å²) in [5.74, 6) is 1.86. The Hall–Kier alpha value is -2.12. The second kappa shape index (κ2) is 14.2. The Morgan fingerprint density at radius 2 is 1.27 bits per heavy atom. The SMILES string of the molecule is Cc1cccc(C)c1OCCCC(O)CC(N)CC(O)CNCCOc1c(C)cccc1C. The van der Waals surface area contributed by atoms with Crippen molar-refractivity contribution in [2.45, 2.75) is 71.6 Å². The summed E-state index contributed by atoms with van der Waals surface area (Å²) in [7, 11) is 0. The van der Waals surface area contributed by atoms with Gasteiger partial charge in [0.15, 0.2) is 0 Å². The highest BCUT2D eigenvalue weighted by atomic mass is 16.5. The average Bonchev–Trinajstić information content (AvgIpc) is 2.74. The Kier molecular flexibility index (Phi) is 11.7. The van der Waals surface area contributed by atoms with Crippen LogP contribution in [0.1, 0.15) is 47.9 Å². The predicted octanol–water partition coefficient (Wildman–Crippen LogP) is 3.58. The topological polar surface area (TPSA) is 97.0 Å². The lowest BCUT2D eigenvalue weighted by Crippen LogP contribution is -2.36. The van der Waals surface area contributed by atoms with Gasteiger partial charge in [0.2, 0.25) is 0 Å². The monoisotopic (exact) mass is 458 g/mol. The molecule has 3 atom stereocenters. The van der Waals surface area contributed by atoms with Gasteiger partial charge >= 0.3 is 0 Å². The van der Waals surface area contributed by atoms with Gasteiger partial charge < -0.3 is 30.7 Å². The number of aryl methyl sites for hydroxylation is 4. The molecule has 0 aliphatic carbocycles. The van der Waals surface area contributed by atoms with Gasteiger partial charge in [-0.2, -0.15) is 0 Å². The molecule has 6 nitrogen and oxygen atoms in total. The first kappa shape index (κ1) is 27.1. The first-order valence-electron chi connectivity index (χ1n) is 12.0. The second-order valence-electron chi connectivity index (χ2n) is 9.02. The highest BCUT2D eigenvalue weighted by Gasteiger charge is 2.15. The minimum atomic E-state index is -0.556. The zero-order valence-corrected chi connectivity index (χ0v) is 20.6. The van der Waals surface area contributed by atoms with Gasteiger partial charge in [-0.05, 0) is 75.6 Å². The van der Waals surface area contributed by atoms with Gasteiger partial charge in [-0.15, -0.1) is 0 Å². The minimum Gasteiger partial charge on any atom is -0.493 e. The van der Waals surface area contributed by atoms with Gasteiger partial charge in [-0.1, -0.05) is 36.4 Å². The van der Waals surface area contributed by atoms with E-state index in [1.165, 1.54) is 0 Å². The zero-order valence-electron chi connectivity index (χ0n) is 20.6. The van der Waals surface area contributed by atoms with E-state index in [0.29, 0.717) is 45.6 Å². The summed E-state index contributed by atoms with van der Waals surface area (Å²) in [4.78, 5) is 0. The normalized spacial score (nSPS) is 14.0. The first-order chi connectivity index (χ1) is 15.8. The standard InChI is InChI=1S/C27H42N2O4/c1-19-8-5-9-20(2)26(19)32-14-7-12-24(30)16-23(28)17-25(31)18-29-13-15-33-27-21(3)10-6-11-22(27)4/h5-6,8-11,23-25,29-31H,7,12-18,28H2,1-4H3. The Balaban J connectivity index is 1.55. The molecule has 0 bridgehead atoms. The fourth-order valence-corrected chi connectivity index (χ4v) is 4.04. The summed E-state index contributed by atoms with van der Waals surface area (Å²) in [6, 6.07) is 11.9. The molecular formula is C27H42N2O4. The Morgan fingerprint density at radius 1 is 0.788 bits per heavy atom. The largest absolute Gasteiger partial charge is 0.493 e. The smallest absolute Gasteiger partial charge is 0.125 e. The van der Waals surface area contributed by atoms with E-state index in [0.717, 1.165) is 40.2 Å². The summed E-state index contributed by atoms with van der Waals surface area (Å²) < 4.78 is 11.8. The van der Waals surface area contributed by atoms with E-state index in [1.807, 2.05) is 64.1 Å². The third-order valence-corrected chi connectivity index (χ3v) is 5.80. The van der Waals surface area contributed by atoms with Crippen LogP contribution in [0.25, 0.3) is 0 Å². The highest BCUT2D eigenvalue weighted by Crippen LogP contribution is 2.23. The first-order valence-corrected chi connectivity index (χ1v) is 12.0. The Bertz CT molecular complexity index is 802. The molecule has 0 aliphatic rings. The summed E-state index contributed by atoms with van der Waals surface area (Å²) in [6.45, 7) is 10.3. The van der Waals surface area contributed by atoms with Crippen molar-refractivity contribution in [1.82, 2.24) is 5.32 Å². The van der Waals surface area contributed by atoms with E-state index >= 15 is 0 Å². The Morgan fingerprint density at radius 3 is 1.82 bits per heavy atom. The molecule has 6 heteroatoms. The molecule has 33 heavy (non-hydrogen) atoms. The second-order valence-corrected chi connectivity index (χ2v) is 9.02. The van der Waals surface area contributed by atoms with E-state index in [4.69, 9.17) is 15.2 Å². The van der Waals surface area contributed by atoms with Crippen molar-refractivity contribution in [1.29, 1.82) is 0 Å². The molecule has 0 heterocycles.